The van der Waals surface area contributed by atoms with Crippen LogP contribution in [0.3, 0.4) is 0 Å². The molecule has 0 unspecified atom stereocenters. The largest absolute Gasteiger partial charge is 0.462 e. The van der Waals surface area contributed by atoms with Crippen molar-refractivity contribution in [3.05, 3.63) is 35.4 Å². The van der Waals surface area contributed by atoms with Gasteiger partial charge in [-0.05, 0) is 25.0 Å². The van der Waals surface area contributed by atoms with E-state index in [0.29, 0.717) is 6.61 Å². The van der Waals surface area contributed by atoms with Crippen molar-refractivity contribution in [1.29, 1.82) is 0 Å². The van der Waals surface area contributed by atoms with Crippen molar-refractivity contribution < 1.29 is 19.1 Å². The average molecular weight is 387 g/mol. The summed E-state index contributed by atoms with van der Waals surface area (Å²) in [5, 5.41) is 0. The van der Waals surface area contributed by atoms with Crippen molar-refractivity contribution in [3.63, 3.8) is 0 Å². The van der Waals surface area contributed by atoms with E-state index in [1.165, 1.54) is 44.9 Å². The van der Waals surface area contributed by atoms with Crippen LogP contribution in [-0.2, 0) is 9.47 Å². The molecule has 0 aliphatic heterocycles. The van der Waals surface area contributed by atoms with Gasteiger partial charge < -0.3 is 9.47 Å². The standard InChI is InChI=1S/C24H34O4/c1-3-5-6-7-8-9-10-11-12-13-16-20-28-24(26)22-18-15-14-17-21(22)23(25)27-19-4-2/h14-15,17-18H,3-12,19-20H2,1-2H3. The third-order valence-electron chi connectivity index (χ3n) is 4.36. The Balaban J connectivity index is 2.27. The van der Waals surface area contributed by atoms with E-state index in [2.05, 4.69) is 18.8 Å². The summed E-state index contributed by atoms with van der Waals surface area (Å²) in [5.74, 6) is 4.87. The van der Waals surface area contributed by atoms with Gasteiger partial charge in [-0.15, -0.1) is 0 Å². The van der Waals surface area contributed by atoms with Gasteiger partial charge in [0.05, 0.1) is 17.7 Å². The van der Waals surface area contributed by atoms with E-state index in [1.807, 2.05) is 6.92 Å². The summed E-state index contributed by atoms with van der Waals surface area (Å²) in [5.41, 5.74) is 0.446. The van der Waals surface area contributed by atoms with Crippen LogP contribution < -0.4 is 0 Å². The normalized spacial score (nSPS) is 10.1. The number of esters is 2. The minimum atomic E-state index is -0.551. The van der Waals surface area contributed by atoms with Gasteiger partial charge in [-0.1, -0.05) is 82.8 Å². The van der Waals surface area contributed by atoms with Crippen molar-refractivity contribution >= 4 is 11.9 Å². The van der Waals surface area contributed by atoms with Gasteiger partial charge in [0, 0.05) is 6.42 Å². The van der Waals surface area contributed by atoms with Gasteiger partial charge in [0.15, 0.2) is 6.61 Å². The van der Waals surface area contributed by atoms with Crippen molar-refractivity contribution in [1.82, 2.24) is 0 Å². The Kier molecular flexibility index (Phi) is 13.4. The second kappa shape index (κ2) is 15.7. The molecule has 1 aromatic carbocycles. The summed E-state index contributed by atoms with van der Waals surface area (Å²) in [6.45, 7) is 4.51. The Labute approximate surface area is 170 Å². The Hall–Kier alpha value is -2.28. The molecule has 0 heterocycles. The molecule has 0 spiro atoms. The first-order chi connectivity index (χ1) is 13.7. The summed E-state index contributed by atoms with van der Waals surface area (Å²) in [6, 6.07) is 6.53. The van der Waals surface area contributed by atoms with Crippen LogP contribution >= 0.6 is 0 Å². The van der Waals surface area contributed by atoms with E-state index in [-0.39, 0.29) is 17.7 Å². The van der Waals surface area contributed by atoms with Gasteiger partial charge >= 0.3 is 11.9 Å². The molecule has 0 aromatic heterocycles. The number of unbranched alkanes of at least 4 members (excludes halogenated alkanes) is 8. The number of carbonyl (C=O) groups excluding carboxylic acids is 2. The maximum atomic E-state index is 12.2. The van der Waals surface area contributed by atoms with Crippen molar-refractivity contribution in [2.24, 2.45) is 0 Å². The van der Waals surface area contributed by atoms with Gasteiger partial charge in [-0.25, -0.2) is 9.59 Å². The minimum absolute atomic E-state index is 0.0359. The third kappa shape index (κ3) is 10.2. The Bertz CT molecular complexity index is 639. The molecule has 4 nitrogen and oxygen atoms in total. The highest BCUT2D eigenvalue weighted by Crippen LogP contribution is 2.12. The summed E-state index contributed by atoms with van der Waals surface area (Å²) >= 11 is 0. The average Bonchev–Trinajstić information content (AvgIpc) is 2.72. The van der Waals surface area contributed by atoms with Gasteiger partial charge in [0.2, 0.25) is 0 Å². The van der Waals surface area contributed by atoms with Crippen LogP contribution in [0.25, 0.3) is 0 Å². The summed E-state index contributed by atoms with van der Waals surface area (Å²) < 4.78 is 10.3. The lowest BCUT2D eigenvalue weighted by Crippen LogP contribution is -2.14. The van der Waals surface area contributed by atoms with E-state index in [4.69, 9.17) is 9.47 Å². The molecule has 1 aromatic rings. The number of benzene rings is 1. The SMILES string of the molecule is CCCCCCCCCCC#CCOC(=O)c1ccccc1C(=O)OCCC. The molecule has 0 N–H and O–H groups in total. The van der Waals surface area contributed by atoms with Crippen molar-refractivity contribution in [3.8, 4) is 11.8 Å². The van der Waals surface area contributed by atoms with Gasteiger partial charge in [-0.2, -0.15) is 0 Å². The highest BCUT2D eigenvalue weighted by molar-refractivity contribution is 6.03. The third-order valence-corrected chi connectivity index (χ3v) is 4.36. The summed E-state index contributed by atoms with van der Waals surface area (Å²) in [7, 11) is 0. The smallest absolute Gasteiger partial charge is 0.339 e. The Morgan fingerprint density at radius 3 is 1.93 bits per heavy atom. The van der Waals surface area contributed by atoms with Crippen LogP contribution in [0.2, 0.25) is 0 Å². The fourth-order valence-corrected chi connectivity index (χ4v) is 2.78. The summed E-state index contributed by atoms with van der Waals surface area (Å²) in [4.78, 5) is 24.3. The van der Waals surface area contributed by atoms with E-state index < -0.39 is 11.9 Å². The molecule has 0 amide bonds. The molecule has 28 heavy (non-hydrogen) atoms. The molecule has 0 aliphatic rings. The van der Waals surface area contributed by atoms with Crippen LogP contribution in [0.15, 0.2) is 24.3 Å². The molecular weight excluding hydrogens is 352 g/mol. The maximum absolute atomic E-state index is 12.2. The second-order valence-corrected chi connectivity index (χ2v) is 6.84. The summed E-state index contributed by atoms with van der Waals surface area (Å²) in [6.07, 6.45) is 11.7. The zero-order valence-electron chi connectivity index (χ0n) is 17.4. The first kappa shape index (κ1) is 23.8. The number of hydrogen-bond donors (Lipinski definition) is 0. The molecule has 0 radical (unpaired) electrons. The highest BCUT2D eigenvalue weighted by atomic mass is 16.5. The van der Waals surface area contributed by atoms with E-state index in [0.717, 1.165) is 19.3 Å². The van der Waals surface area contributed by atoms with Crippen LogP contribution in [0, 0.1) is 11.8 Å². The monoisotopic (exact) mass is 386 g/mol. The van der Waals surface area contributed by atoms with Crippen molar-refractivity contribution in [2.75, 3.05) is 13.2 Å². The predicted octanol–water partition coefficient (Wildman–Crippen LogP) is 5.94. The van der Waals surface area contributed by atoms with Gasteiger partial charge in [-0.3, -0.25) is 0 Å². The fraction of sp³-hybridized carbons (Fsp3) is 0.583. The van der Waals surface area contributed by atoms with Crippen LogP contribution in [-0.4, -0.2) is 25.2 Å². The molecule has 154 valence electrons. The first-order valence-corrected chi connectivity index (χ1v) is 10.6. The maximum Gasteiger partial charge on any atom is 0.339 e. The van der Waals surface area contributed by atoms with E-state index >= 15 is 0 Å². The number of rotatable bonds is 13. The van der Waals surface area contributed by atoms with E-state index in [9.17, 15) is 9.59 Å². The molecule has 0 aliphatic carbocycles. The molecule has 0 saturated heterocycles. The van der Waals surface area contributed by atoms with Crippen LogP contribution in [0.5, 0.6) is 0 Å². The number of carbonyl (C=O) groups is 2. The zero-order valence-corrected chi connectivity index (χ0v) is 17.4. The molecule has 0 saturated carbocycles. The molecule has 1 rings (SSSR count). The van der Waals surface area contributed by atoms with Gasteiger partial charge in [0.25, 0.3) is 0 Å². The van der Waals surface area contributed by atoms with E-state index in [1.54, 1.807) is 24.3 Å². The fourth-order valence-electron chi connectivity index (χ4n) is 2.78. The lowest BCUT2D eigenvalue weighted by Gasteiger charge is -2.08. The highest BCUT2D eigenvalue weighted by Gasteiger charge is 2.18. The molecule has 0 fully saturated rings. The topological polar surface area (TPSA) is 52.6 Å². The quantitative estimate of drug-likeness (QED) is 0.239. The number of ether oxygens (including phenoxy) is 2. The minimum Gasteiger partial charge on any atom is -0.462 e. The molecular formula is C24H34O4. The lowest BCUT2D eigenvalue weighted by molar-refractivity contribution is 0.0477. The second-order valence-electron chi connectivity index (χ2n) is 6.84. The van der Waals surface area contributed by atoms with Gasteiger partial charge in [0.1, 0.15) is 0 Å². The molecule has 4 heteroatoms. The first-order valence-electron chi connectivity index (χ1n) is 10.6. The van der Waals surface area contributed by atoms with Crippen LogP contribution in [0.4, 0.5) is 0 Å². The van der Waals surface area contributed by atoms with Crippen molar-refractivity contribution in [2.45, 2.75) is 78.1 Å². The number of hydrogen-bond acceptors (Lipinski definition) is 4. The van der Waals surface area contributed by atoms with Crippen LogP contribution in [0.1, 0.15) is 98.8 Å². The molecule has 0 bridgehead atoms. The lowest BCUT2D eigenvalue weighted by atomic mass is 10.1. The Morgan fingerprint density at radius 1 is 0.750 bits per heavy atom. The molecule has 0 atom stereocenters. The predicted molar refractivity (Wildman–Crippen MR) is 112 cm³/mol. The Morgan fingerprint density at radius 2 is 1.32 bits per heavy atom. The zero-order chi connectivity index (χ0) is 20.5.